The number of aromatic nitrogens is 2. The van der Waals surface area contributed by atoms with E-state index >= 15 is 0 Å². The van der Waals surface area contributed by atoms with Crippen molar-refractivity contribution in [2.24, 2.45) is 0 Å². The van der Waals surface area contributed by atoms with Crippen LogP contribution in [-0.2, 0) is 11.3 Å². The number of fused-ring (bicyclic) bond motifs is 1. The average Bonchev–Trinajstić information content (AvgIpc) is 2.99. The lowest BCUT2D eigenvalue weighted by molar-refractivity contribution is -0.133. The van der Waals surface area contributed by atoms with E-state index in [2.05, 4.69) is 20.9 Å². The van der Waals surface area contributed by atoms with E-state index in [1.54, 1.807) is 29.3 Å². The van der Waals surface area contributed by atoms with E-state index in [1.807, 2.05) is 18.2 Å². The standard InChI is InChI=1S/C19H18BrN3O4/c20-14-4-3-9-21-18(14)26-13-7-10-22(11-8-13)17(24)12-23-15-5-1-2-6-16(15)27-19(23)25/h1-6,9,13H,7-8,10-12H2. The average molecular weight is 432 g/mol. The molecule has 0 N–H and O–H groups in total. The fraction of sp³-hybridized carbons (Fsp3) is 0.316. The van der Waals surface area contributed by atoms with Crippen LogP contribution in [0.3, 0.4) is 0 Å². The first-order chi connectivity index (χ1) is 13.1. The molecule has 0 atom stereocenters. The van der Waals surface area contributed by atoms with Gasteiger partial charge in [-0.05, 0) is 40.2 Å². The molecular weight excluding hydrogens is 414 g/mol. The molecule has 0 radical (unpaired) electrons. The number of carbonyl (C=O) groups is 1. The van der Waals surface area contributed by atoms with E-state index in [4.69, 9.17) is 9.15 Å². The van der Waals surface area contributed by atoms with Crippen LogP contribution in [-0.4, -0.2) is 39.6 Å². The van der Waals surface area contributed by atoms with Crippen LogP contribution < -0.4 is 10.5 Å². The summed E-state index contributed by atoms with van der Waals surface area (Å²) in [5.41, 5.74) is 1.12. The van der Waals surface area contributed by atoms with Gasteiger partial charge in [-0.1, -0.05) is 12.1 Å². The maximum absolute atomic E-state index is 12.6. The first-order valence-corrected chi connectivity index (χ1v) is 9.54. The van der Waals surface area contributed by atoms with Gasteiger partial charge in [0.05, 0.1) is 9.99 Å². The highest BCUT2D eigenvalue weighted by Crippen LogP contribution is 2.25. The maximum atomic E-state index is 12.6. The first-order valence-electron chi connectivity index (χ1n) is 8.75. The number of pyridine rings is 1. The summed E-state index contributed by atoms with van der Waals surface area (Å²) in [4.78, 5) is 30.7. The lowest BCUT2D eigenvalue weighted by Gasteiger charge is -2.32. The summed E-state index contributed by atoms with van der Waals surface area (Å²) in [6.07, 6.45) is 3.13. The molecule has 140 valence electrons. The minimum absolute atomic E-state index is 0.0118. The fourth-order valence-electron chi connectivity index (χ4n) is 3.24. The van der Waals surface area contributed by atoms with Crippen molar-refractivity contribution in [1.29, 1.82) is 0 Å². The van der Waals surface area contributed by atoms with Crippen LogP contribution in [0.1, 0.15) is 12.8 Å². The summed E-state index contributed by atoms with van der Waals surface area (Å²) >= 11 is 3.42. The number of rotatable bonds is 4. The Morgan fingerprint density at radius 1 is 1.22 bits per heavy atom. The van der Waals surface area contributed by atoms with Crippen LogP contribution in [0.2, 0.25) is 0 Å². The summed E-state index contributed by atoms with van der Waals surface area (Å²) in [5.74, 6) is -0.0393. The number of nitrogens with zero attached hydrogens (tertiary/aromatic N) is 3. The molecule has 3 heterocycles. The van der Waals surface area contributed by atoms with Crippen molar-refractivity contribution in [1.82, 2.24) is 14.5 Å². The Labute approximate surface area is 163 Å². The van der Waals surface area contributed by atoms with Crippen molar-refractivity contribution >= 4 is 32.9 Å². The van der Waals surface area contributed by atoms with E-state index in [0.717, 1.165) is 17.3 Å². The zero-order valence-electron chi connectivity index (χ0n) is 14.5. The second-order valence-corrected chi connectivity index (χ2v) is 7.26. The summed E-state index contributed by atoms with van der Waals surface area (Å²) in [7, 11) is 0. The maximum Gasteiger partial charge on any atom is 0.420 e. The second-order valence-electron chi connectivity index (χ2n) is 6.41. The molecule has 0 spiro atoms. The number of piperidine rings is 1. The minimum Gasteiger partial charge on any atom is -0.473 e. The third-order valence-corrected chi connectivity index (χ3v) is 5.27. The molecule has 2 aromatic heterocycles. The number of likely N-dealkylation sites (tertiary alicyclic amines) is 1. The van der Waals surface area contributed by atoms with Gasteiger partial charge in [0.1, 0.15) is 12.6 Å². The van der Waals surface area contributed by atoms with Crippen molar-refractivity contribution in [3.63, 3.8) is 0 Å². The Morgan fingerprint density at radius 3 is 2.78 bits per heavy atom. The molecular formula is C19H18BrN3O4. The molecule has 0 unspecified atom stereocenters. The third kappa shape index (κ3) is 3.75. The molecule has 0 aliphatic carbocycles. The molecule has 1 aromatic carbocycles. The van der Waals surface area contributed by atoms with Gasteiger partial charge in [0.2, 0.25) is 11.8 Å². The lowest BCUT2D eigenvalue weighted by Crippen LogP contribution is -2.43. The van der Waals surface area contributed by atoms with Crippen molar-refractivity contribution < 1.29 is 13.9 Å². The number of hydrogen-bond donors (Lipinski definition) is 0. The predicted octanol–water partition coefficient (Wildman–Crippen LogP) is 2.82. The number of para-hydroxylation sites is 2. The monoisotopic (exact) mass is 431 g/mol. The SMILES string of the molecule is O=C(Cn1c(=O)oc2ccccc21)N1CCC(Oc2ncccc2Br)CC1. The Morgan fingerprint density at radius 2 is 2.00 bits per heavy atom. The molecule has 0 bridgehead atoms. The van der Waals surface area contributed by atoms with Gasteiger partial charge in [-0.15, -0.1) is 0 Å². The van der Waals surface area contributed by atoms with Crippen LogP contribution in [0.15, 0.2) is 56.3 Å². The van der Waals surface area contributed by atoms with Gasteiger partial charge >= 0.3 is 5.76 Å². The van der Waals surface area contributed by atoms with Crippen LogP contribution in [0.4, 0.5) is 0 Å². The molecule has 3 aromatic rings. The van der Waals surface area contributed by atoms with E-state index in [1.165, 1.54) is 4.57 Å². The molecule has 1 aliphatic rings. The Hall–Kier alpha value is -2.61. The van der Waals surface area contributed by atoms with Gasteiger partial charge in [0.25, 0.3) is 0 Å². The molecule has 1 saturated heterocycles. The van der Waals surface area contributed by atoms with E-state index in [-0.39, 0.29) is 18.6 Å². The summed E-state index contributed by atoms with van der Waals surface area (Å²) in [5, 5.41) is 0. The molecule has 1 fully saturated rings. The van der Waals surface area contributed by atoms with Crippen LogP contribution in [0, 0.1) is 0 Å². The third-order valence-electron chi connectivity index (χ3n) is 4.66. The molecule has 1 amide bonds. The minimum atomic E-state index is -0.511. The summed E-state index contributed by atoms with van der Waals surface area (Å²) in [6, 6.07) is 10.8. The summed E-state index contributed by atoms with van der Waals surface area (Å²) < 4.78 is 13.3. The van der Waals surface area contributed by atoms with Crippen LogP contribution in [0.5, 0.6) is 5.88 Å². The van der Waals surface area contributed by atoms with Gasteiger partial charge in [-0.3, -0.25) is 9.36 Å². The predicted molar refractivity (Wildman–Crippen MR) is 103 cm³/mol. The number of hydrogen-bond acceptors (Lipinski definition) is 5. The Bertz CT molecular complexity index is 1020. The molecule has 27 heavy (non-hydrogen) atoms. The smallest absolute Gasteiger partial charge is 0.420 e. The van der Waals surface area contributed by atoms with Crippen molar-refractivity contribution in [2.75, 3.05) is 13.1 Å². The van der Waals surface area contributed by atoms with Crippen LogP contribution >= 0.6 is 15.9 Å². The largest absolute Gasteiger partial charge is 0.473 e. The molecule has 1 aliphatic heterocycles. The molecule has 8 heteroatoms. The summed E-state index contributed by atoms with van der Waals surface area (Å²) in [6.45, 7) is 1.14. The van der Waals surface area contributed by atoms with Gasteiger partial charge in [0.15, 0.2) is 5.58 Å². The van der Waals surface area contributed by atoms with E-state index < -0.39 is 5.76 Å². The number of benzene rings is 1. The quantitative estimate of drug-likeness (QED) is 0.634. The molecule has 7 nitrogen and oxygen atoms in total. The number of amides is 1. The van der Waals surface area contributed by atoms with Gasteiger partial charge in [0, 0.05) is 32.1 Å². The van der Waals surface area contributed by atoms with Crippen molar-refractivity contribution in [2.45, 2.75) is 25.5 Å². The topological polar surface area (TPSA) is 77.6 Å². The van der Waals surface area contributed by atoms with Gasteiger partial charge in [-0.25, -0.2) is 9.78 Å². The number of ether oxygens (including phenoxy) is 1. The van der Waals surface area contributed by atoms with Crippen LogP contribution in [0.25, 0.3) is 11.1 Å². The highest BCUT2D eigenvalue weighted by atomic mass is 79.9. The van der Waals surface area contributed by atoms with Gasteiger partial charge < -0.3 is 14.1 Å². The number of carbonyl (C=O) groups excluding carboxylic acids is 1. The highest BCUT2D eigenvalue weighted by molar-refractivity contribution is 9.10. The zero-order chi connectivity index (χ0) is 18.8. The van der Waals surface area contributed by atoms with Crippen molar-refractivity contribution in [3.8, 4) is 5.88 Å². The second kappa shape index (κ2) is 7.56. The highest BCUT2D eigenvalue weighted by Gasteiger charge is 2.25. The zero-order valence-corrected chi connectivity index (χ0v) is 16.1. The normalized spacial score (nSPS) is 15.2. The fourth-order valence-corrected chi connectivity index (χ4v) is 3.59. The number of halogens is 1. The van der Waals surface area contributed by atoms with E-state index in [9.17, 15) is 9.59 Å². The van der Waals surface area contributed by atoms with Gasteiger partial charge in [-0.2, -0.15) is 0 Å². The molecule has 0 saturated carbocycles. The lowest BCUT2D eigenvalue weighted by atomic mass is 10.1. The first kappa shape index (κ1) is 17.8. The Balaban J connectivity index is 1.38. The number of oxazole rings is 1. The van der Waals surface area contributed by atoms with E-state index in [0.29, 0.717) is 30.1 Å². The molecule has 4 rings (SSSR count). The van der Waals surface area contributed by atoms with Crippen molar-refractivity contribution in [3.05, 3.63) is 57.6 Å². The Kier molecular flexibility index (Phi) is 4.98.